The van der Waals surface area contributed by atoms with Gasteiger partial charge in [-0.05, 0) is 36.5 Å². The fourth-order valence-corrected chi connectivity index (χ4v) is 2.76. The van der Waals surface area contributed by atoms with E-state index in [0.29, 0.717) is 38.8 Å². The molecule has 1 amide bonds. The molecule has 2 N–H and O–H groups in total. The van der Waals surface area contributed by atoms with Crippen molar-refractivity contribution in [1.29, 1.82) is 0 Å². The van der Waals surface area contributed by atoms with Gasteiger partial charge in [-0.3, -0.25) is 4.79 Å². The molecule has 3 rings (SSSR count). The van der Waals surface area contributed by atoms with Crippen LogP contribution in [0, 0.1) is 5.92 Å². The fraction of sp³-hybridized carbons (Fsp3) is 0.588. The van der Waals surface area contributed by atoms with Crippen LogP contribution in [0.4, 0.5) is 0 Å². The molecule has 1 aromatic rings. The first-order valence-corrected chi connectivity index (χ1v) is 8.16. The number of carbonyl (C=O) groups excluding carboxylic acids is 1. The zero-order valence-corrected chi connectivity index (χ0v) is 13.5. The molecule has 0 aromatic heterocycles. The second-order valence-corrected chi connectivity index (χ2v) is 5.96. The van der Waals surface area contributed by atoms with Crippen LogP contribution in [0.2, 0.25) is 0 Å². The van der Waals surface area contributed by atoms with E-state index in [4.69, 9.17) is 14.2 Å². The molecule has 1 aromatic carbocycles. The molecule has 6 nitrogen and oxygen atoms in total. The first-order chi connectivity index (χ1) is 11.3. The molecule has 0 bridgehead atoms. The van der Waals surface area contributed by atoms with Gasteiger partial charge in [0.05, 0.1) is 19.2 Å². The zero-order valence-electron chi connectivity index (χ0n) is 13.5. The Morgan fingerprint density at radius 2 is 2.09 bits per heavy atom. The van der Waals surface area contributed by atoms with Crippen LogP contribution in [-0.2, 0) is 9.53 Å². The van der Waals surface area contributed by atoms with Crippen LogP contribution in [-0.4, -0.2) is 45.9 Å². The quantitative estimate of drug-likeness (QED) is 0.706. The highest BCUT2D eigenvalue weighted by atomic mass is 16.6. The smallest absolute Gasteiger partial charge is 0.234 e. The van der Waals surface area contributed by atoms with Gasteiger partial charge in [-0.25, -0.2) is 0 Å². The summed E-state index contributed by atoms with van der Waals surface area (Å²) in [5.41, 5.74) is 1.09. The molecule has 1 fully saturated rings. The van der Waals surface area contributed by atoms with Gasteiger partial charge < -0.3 is 24.8 Å². The predicted octanol–water partition coefficient (Wildman–Crippen LogP) is 1.26. The highest BCUT2D eigenvalue weighted by molar-refractivity contribution is 5.78. The monoisotopic (exact) mass is 320 g/mol. The molecule has 23 heavy (non-hydrogen) atoms. The Labute approximate surface area is 136 Å². The van der Waals surface area contributed by atoms with E-state index in [2.05, 4.69) is 10.6 Å². The van der Waals surface area contributed by atoms with Crippen LogP contribution in [0.25, 0.3) is 0 Å². The Balaban J connectivity index is 1.61. The number of methoxy groups -OCH3 is 1. The summed E-state index contributed by atoms with van der Waals surface area (Å²) in [4.78, 5) is 12.1. The van der Waals surface area contributed by atoms with Gasteiger partial charge in [0.25, 0.3) is 0 Å². The summed E-state index contributed by atoms with van der Waals surface area (Å²) in [5, 5.41) is 6.21. The summed E-state index contributed by atoms with van der Waals surface area (Å²) < 4.78 is 16.2. The molecule has 1 unspecified atom stereocenters. The molecule has 1 atom stereocenters. The van der Waals surface area contributed by atoms with Gasteiger partial charge >= 0.3 is 0 Å². The number of benzene rings is 1. The van der Waals surface area contributed by atoms with E-state index >= 15 is 0 Å². The van der Waals surface area contributed by atoms with Crippen molar-refractivity contribution >= 4 is 5.91 Å². The van der Waals surface area contributed by atoms with E-state index in [1.807, 2.05) is 18.2 Å². The lowest BCUT2D eigenvalue weighted by Gasteiger charge is -2.23. The van der Waals surface area contributed by atoms with Crippen molar-refractivity contribution in [2.75, 3.05) is 40.0 Å². The highest BCUT2D eigenvalue weighted by Gasteiger charge is 2.34. The number of fused-ring (bicyclic) bond motifs is 1. The number of hydrogen-bond donors (Lipinski definition) is 2. The van der Waals surface area contributed by atoms with E-state index in [1.165, 1.54) is 0 Å². The van der Waals surface area contributed by atoms with E-state index < -0.39 is 0 Å². The van der Waals surface area contributed by atoms with Crippen molar-refractivity contribution < 1.29 is 19.0 Å². The molecule has 1 aliphatic carbocycles. The predicted molar refractivity (Wildman–Crippen MR) is 85.8 cm³/mol. The number of rotatable bonds is 8. The lowest BCUT2D eigenvalue weighted by molar-refractivity contribution is -0.121. The molecule has 126 valence electrons. The van der Waals surface area contributed by atoms with Crippen LogP contribution in [0.3, 0.4) is 0 Å². The standard InChI is InChI=1S/C17H24N2O4/c1-21-7-6-18-11-16(20)19-17(12-2-3-12)13-4-5-14-15(10-13)23-9-8-22-14/h4-5,10,12,17-18H,2-3,6-9,11H2,1H3,(H,19,20). The topological polar surface area (TPSA) is 68.8 Å². The van der Waals surface area contributed by atoms with Crippen LogP contribution in [0.1, 0.15) is 24.4 Å². The summed E-state index contributed by atoms with van der Waals surface area (Å²) in [5.74, 6) is 2.07. The number of hydrogen-bond acceptors (Lipinski definition) is 5. The zero-order chi connectivity index (χ0) is 16.1. The highest BCUT2D eigenvalue weighted by Crippen LogP contribution is 2.43. The van der Waals surface area contributed by atoms with Crippen molar-refractivity contribution in [3.8, 4) is 11.5 Å². The van der Waals surface area contributed by atoms with Crippen LogP contribution in [0.5, 0.6) is 11.5 Å². The molecule has 0 saturated heterocycles. The Morgan fingerprint density at radius 1 is 1.30 bits per heavy atom. The third kappa shape index (κ3) is 4.36. The summed E-state index contributed by atoms with van der Waals surface area (Å²) in [7, 11) is 1.65. The lowest BCUT2D eigenvalue weighted by Crippen LogP contribution is -2.38. The SMILES string of the molecule is COCCNCC(=O)NC(c1ccc2c(c1)OCCO2)C1CC1. The summed E-state index contributed by atoms with van der Waals surface area (Å²) >= 11 is 0. The van der Waals surface area contributed by atoms with Crippen molar-refractivity contribution in [3.05, 3.63) is 23.8 Å². The number of nitrogens with one attached hydrogen (secondary N) is 2. The average Bonchev–Trinajstić information content (AvgIpc) is 3.41. The Bertz CT molecular complexity index is 545. The van der Waals surface area contributed by atoms with Crippen LogP contribution >= 0.6 is 0 Å². The van der Waals surface area contributed by atoms with Gasteiger partial charge in [-0.15, -0.1) is 0 Å². The maximum Gasteiger partial charge on any atom is 0.234 e. The molecule has 2 aliphatic rings. The summed E-state index contributed by atoms with van der Waals surface area (Å²) in [6.45, 7) is 2.73. The first-order valence-electron chi connectivity index (χ1n) is 8.16. The van der Waals surface area contributed by atoms with Gasteiger partial charge in [0.2, 0.25) is 5.91 Å². The first kappa shape index (κ1) is 16.1. The Morgan fingerprint density at radius 3 is 2.83 bits per heavy atom. The van der Waals surface area contributed by atoms with E-state index in [-0.39, 0.29) is 11.9 Å². The average molecular weight is 320 g/mol. The number of amides is 1. The molecular formula is C17H24N2O4. The molecule has 1 heterocycles. The minimum Gasteiger partial charge on any atom is -0.486 e. The minimum atomic E-state index is 0.00731. The second kappa shape index (κ2) is 7.66. The largest absolute Gasteiger partial charge is 0.486 e. The Hall–Kier alpha value is -1.79. The maximum absolute atomic E-state index is 12.1. The van der Waals surface area contributed by atoms with Crippen molar-refractivity contribution in [3.63, 3.8) is 0 Å². The van der Waals surface area contributed by atoms with Crippen molar-refractivity contribution in [2.45, 2.75) is 18.9 Å². The van der Waals surface area contributed by atoms with E-state index in [0.717, 1.165) is 29.9 Å². The molecular weight excluding hydrogens is 296 g/mol. The van der Waals surface area contributed by atoms with Gasteiger partial charge in [-0.1, -0.05) is 6.07 Å². The third-order valence-corrected chi connectivity index (χ3v) is 4.10. The van der Waals surface area contributed by atoms with Gasteiger partial charge in [0.15, 0.2) is 11.5 Å². The van der Waals surface area contributed by atoms with Gasteiger partial charge in [-0.2, -0.15) is 0 Å². The Kier molecular flexibility index (Phi) is 5.35. The third-order valence-electron chi connectivity index (χ3n) is 4.10. The van der Waals surface area contributed by atoms with Gasteiger partial charge in [0, 0.05) is 13.7 Å². The van der Waals surface area contributed by atoms with Gasteiger partial charge in [0.1, 0.15) is 13.2 Å². The minimum absolute atomic E-state index is 0.00731. The maximum atomic E-state index is 12.1. The molecule has 0 spiro atoms. The van der Waals surface area contributed by atoms with E-state index in [9.17, 15) is 4.79 Å². The number of carbonyl (C=O) groups is 1. The molecule has 1 saturated carbocycles. The van der Waals surface area contributed by atoms with Crippen LogP contribution in [0.15, 0.2) is 18.2 Å². The summed E-state index contributed by atoms with van der Waals surface area (Å²) in [6, 6.07) is 6.00. The lowest BCUT2D eigenvalue weighted by atomic mass is 10.0. The summed E-state index contributed by atoms with van der Waals surface area (Å²) in [6.07, 6.45) is 2.30. The number of ether oxygens (including phenoxy) is 3. The molecule has 1 aliphatic heterocycles. The van der Waals surface area contributed by atoms with Crippen LogP contribution < -0.4 is 20.1 Å². The fourth-order valence-electron chi connectivity index (χ4n) is 2.76. The molecule has 6 heteroatoms. The normalized spacial score (nSPS) is 17.6. The van der Waals surface area contributed by atoms with Crippen molar-refractivity contribution in [1.82, 2.24) is 10.6 Å². The second-order valence-electron chi connectivity index (χ2n) is 5.96. The molecule has 0 radical (unpaired) electrons. The van der Waals surface area contributed by atoms with E-state index in [1.54, 1.807) is 7.11 Å². The van der Waals surface area contributed by atoms with Crippen molar-refractivity contribution in [2.24, 2.45) is 5.92 Å².